The SMILES string of the molecule is Cc1oc(-c2cccc(-c3ccccc3)c2)nc1CCOc1ccc(OC(C)(C)C(=O)O)c2ccccc12. The average molecular weight is 508 g/mol. The first-order valence-electron chi connectivity index (χ1n) is 12.5. The van der Waals surface area contributed by atoms with Gasteiger partial charge < -0.3 is 19.0 Å². The molecule has 0 aliphatic carbocycles. The Morgan fingerprint density at radius 1 is 0.842 bits per heavy atom. The van der Waals surface area contributed by atoms with E-state index in [1.165, 1.54) is 13.8 Å². The second kappa shape index (κ2) is 10.4. The van der Waals surface area contributed by atoms with Crippen molar-refractivity contribution in [1.29, 1.82) is 0 Å². The van der Waals surface area contributed by atoms with Crippen LogP contribution in [0.5, 0.6) is 11.5 Å². The van der Waals surface area contributed by atoms with Crippen molar-refractivity contribution in [3.05, 3.63) is 102 Å². The third-order valence-electron chi connectivity index (χ3n) is 6.43. The zero-order chi connectivity index (χ0) is 26.7. The number of hydrogen-bond donors (Lipinski definition) is 1. The van der Waals surface area contributed by atoms with Gasteiger partial charge in [-0.2, -0.15) is 0 Å². The molecule has 0 atom stereocenters. The van der Waals surface area contributed by atoms with Gasteiger partial charge in [0, 0.05) is 22.8 Å². The predicted molar refractivity (Wildman–Crippen MR) is 148 cm³/mol. The van der Waals surface area contributed by atoms with Crippen molar-refractivity contribution in [2.75, 3.05) is 6.61 Å². The van der Waals surface area contributed by atoms with Gasteiger partial charge in [-0.05, 0) is 56.2 Å². The molecule has 5 rings (SSSR count). The molecule has 0 spiro atoms. The quantitative estimate of drug-likeness (QED) is 0.225. The van der Waals surface area contributed by atoms with E-state index in [-0.39, 0.29) is 0 Å². The maximum Gasteiger partial charge on any atom is 0.347 e. The molecule has 38 heavy (non-hydrogen) atoms. The van der Waals surface area contributed by atoms with E-state index in [4.69, 9.17) is 18.9 Å². The molecular formula is C32H29NO5. The monoisotopic (exact) mass is 507 g/mol. The number of fused-ring (bicyclic) bond motifs is 1. The number of carboxylic acids is 1. The fraction of sp³-hybridized carbons (Fsp3) is 0.188. The molecular weight excluding hydrogens is 478 g/mol. The van der Waals surface area contributed by atoms with Gasteiger partial charge in [-0.25, -0.2) is 9.78 Å². The van der Waals surface area contributed by atoms with Crippen LogP contribution < -0.4 is 9.47 Å². The van der Waals surface area contributed by atoms with Gasteiger partial charge in [-0.1, -0.05) is 66.7 Å². The van der Waals surface area contributed by atoms with Crippen LogP contribution in [0.3, 0.4) is 0 Å². The predicted octanol–water partition coefficient (Wildman–Crippen LogP) is 7.33. The van der Waals surface area contributed by atoms with Crippen LogP contribution in [0.2, 0.25) is 0 Å². The van der Waals surface area contributed by atoms with Crippen LogP contribution in [-0.4, -0.2) is 28.3 Å². The number of aryl methyl sites for hydroxylation is 1. The molecule has 1 aromatic heterocycles. The molecule has 1 N–H and O–H groups in total. The van der Waals surface area contributed by atoms with Crippen molar-refractivity contribution in [2.24, 2.45) is 0 Å². The number of carboxylic acid groups (broad SMARTS) is 1. The molecule has 0 saturated heterocycles. The zero-order valence-corrected chi connectivity index (χ0v) is 21.6. The van der Waals surface area contributed by atoms with Gasteiger partial charge in [0.2, 0.25) is 5.89 Å². The van der Waals surface area contributed by atoms with E-state index in [0.29, 0.717) is 30.4 Å². The van der Waals surface area contributed by atoms with E-state index in [0.717, 1.165) is 38.9 Å². The van der Waals surface area contributed by atoms with E-state index in [1.807, 2.05) is 67.6 Å². The van der Waals surface area contributed by atoms with Crippen LogP contribution in [0.15, 0.2) is 95.4 Å². The normalized spacial score (nSPS) is 11.4. The minimum absolute atomic E-state index is 0.404. The lowest BCUT2D eigenvalue weighted by atomic mass is 10.0. The van der Waals surface area contributed by atoms with Gasteiger partial charge in [0.1, 0.15) is 17.3 Å². The highest BCUT2D eigenvalue weighted by atomic mass is 16.5. The van der Waals surface area contributed by atoms with E-state index in [2.05, 4.69) is 24.3 Å². The topological polar surface area (TPSA) is 81.8 Å². The number of hydrogen-bond acceptors (Lipinski definition) is 5. The van der Waals surface area contributed by atoms with Crippen LogP contribution in [0.1, 0.15) is 25.3 Å². The molecule has 6 heteroatoms. The summed E-state index contributed by atoms with van der Waals surface area (Å²) < 4.78 is 18.0. The van der Waals surface area contributed by atoms with Crippen LogP contribution in [0.25, 0.3) is 33.4 Å². The summed E-state index contributed by atoms with van der Waals surface area (Å²) in [5.41, 5.74) is 2.66. The Kier molecular flexibility index (Phi) is 6.88. The van der Waals surface area contributed by atoms with Crippen LogP contribution >= 0.6 is 0 Å². The summed E-state index contributed by atoms with van der Waals surface area (Å²) in [6.07, 6.45) is 0.576. The molecule has 0 unspecified atom stereocenters. The summed E-state index contributed by atoms with van der Waals surface area (Å²) in [4.78, 5) is 16.3. The van der Waals surface area contributed by atoms with Gasteiger partial charge >= 0.3 is 5.97 Å². The molecule has 0 aliphatic rings. The summed E-state index contributed by atoms with van der Waals surface area (Å²) in [6, 6.07) is 29.6. The van der Waals surface area contributed by atoms with Gasteiger partial charge in [0.05, 0.1) is 12.3 Å². The lowest BCUT2D eigenvalue weighted by Crippen LogP contribution is -2.37. The fourth-order valence-corrected chi connectivity index (χ4v) is 4.28. The maximum atomic E-state index is 11.5. The van der Waals surface area contributed by atoms with Gasteiger partial charge in [-0.15, -0.1) is 0 Å². The van der Waals surface area contributed by atoms with Crippen LogP contribution in [-0.2, 0) is 11.2 Å². The lowest BCUT2D eigenvalue weighted by molar-refractivity contribution is -0.152. The minimum atomic E-state index is -1.35. The Bertz CT molecular complexity index is 1590. The summed E-state index contributed by atoms with van der Waals surface area (Å²) in [5, 5.41) is 11.1. The first-order chi connectivity index (χ1) is 18.3. The first-order valence-corrected chi connectivity index (χ1v) is 12.5. The first kappa shape index (κ1) is 25.1. The van der Waals surface area contributed by atoms with Crippen LogP contribution in [0.4, 0.5) is 0 Å². The van der Waals surface area contributed by atoms with Crippen molar-refractivity contribution < 1.29 is 23.8 Å². The summed E-state index contributed by atoms with van der Waals surface area (Å²) in [7, 11) is 0. The Hall–Kier alpha value is -4.58. The molecule has 0 saturated carbocycles. The highest BCUT2D eigenvalue weighted by Crippen LogP contribution is 2.35. The van der Waals surface area contributed by atoms with E-state index in [9.17, 15) is 9.90 Å². The highest BCUT2D eigenvalue weighted by molar-refractivity contribution is 5.93. The van der Waals surface area contributed by atoms with Crippen molar-refractivity contribution in [3.8, 4) is 34.1 Å². The molecule has 1 heterocycles. The summed E-state index contributed by atoms with van der Waals surface area (Å²) >= 11 is 0. The largest absolute Gasteiger partial charge is 0.493 e. The summed E-state index contributed by atoms with van der Waals surface area (Å²) in [6.45, 7) is 5.38. The Morgan fingerprint density at radius 3 is 2.21 bits per heavy atom. The molecule has 6 nitrogen and oxygen atoms in total. The molecule has 192 valence electrons. The number of oxazole rings is 1. The number of nitrogens with zero attached hydrogens (tertiary/aromatic N) is 1. The molecule has 0 fully saturated rings. The van der Waals surface area contributed by atoms with Gasteiger partial charge in [-0.3, -0.25) is 0 Å². The van der Waals surface area contributed by atoms with Crippen molar-refractivity contribution in [3.63, 3.8) is 0 Å². The number of ether oxygens (including phenoxy) is 2. The standard InChI is InChI=1S/C32H29NO5/c1-21-27(33-30(37-21)24-13-9-12-23(20-24)22-10-5-4-6-11-22)18-19-36-28-16-17-29(38-32(2,3)31(34)35)26-15-8-7-14-25(26)28/h4-17,20H,18-19H2,1-3H3,(H,34,35). The Morgan fingerprint density at radius 2 is 1.47 bits per heavy atom. The van der Waals surface area contributed by atoms with Gasteiger partial charge in [0.15, 0.2) is 5.60 Å². The van der Waals surface area contributed by atoms with Gasteiger partial charge in [0.25, 0.3) is 0 Å². The number of aliphatic carboxylic acids is 1. The number of benzene rings is 4. The molecule has 0 aliphatic heterocycles. The fourth-order valence-electron chi connectivity index (χ4n) is 4.28. The second-order valence-electron chi connectivity index (χ2n) is 9.59. The summed E-state index contributed by atoms with van der Waals surface area (Å²) in [5.74, 6) is 1.51. The Balaban J connectivity index is 1.31. The second-order valence-corrected chi connectivity index (χ2v) is 9.59. The minimum Gasteiger partial charge on any atom is -0.493 e. The van der Waals surface area contributed by atoms with Crippen LogP contribution in [0, 0.1) is 6.92 Å². The van der Waals surface area contributed by atoms with E-state index < -0.39 is 11.6 Å². The number of rotatable bonds is 9. The molecule has 0 radical (unpaired) electrons. The number of aromatic nitrogens is 1. The molecule has 0 amide bonds. The highest BCUT2D eigenvalue weighted by Gasteiger charge is 2.30. The lowest BCUT2D eigenvalue weighted by Gasteiger charge is -2.23. The zero-order valence-electron chi connectivity index (χ0n) is 21.6. The Labute approximate surface area is 221 Å². The average Bonchev–Trinajstić information content (AvgIpc) is 3.30. The van der Waals surface area contributed by atoms with Crippen molar-refractivity contribution in [1.82, 2.24) is 4.98 Å². The van der Waals surface area contributed by atoms with Crippen molar-refractivity contribution in [2.45, 2.75) is 32.8 Å². The molecule has 4 aromatic carbocycles. The van der Waals surface area contributed by atoms with Crippen molar-refractivity contribution >= 4 is 16.7 Å². The maximum absolute atomic E-state index is 11.5. The number of carbonyl (C=O) groups is 1. The van der Waals surface area contributed by atoms with E-state index in [1.54, 1.807) is 6.07 Å². The van der Waals surface area contributed by atoms with E-state index >= 15 is 0 Å². The molecule has 5 aromatic rings. The molecule has 0 bridgehead atoms. The smallest absolute Gasteiger partial charge is 0.347 e. The third-order valence-corrected chi connectivity index (χ3v) is 6.43. The third kappa shape index (κ3) is 5.25.